The fourth-order valence-electron chi connectivity index (χ4n) is 2.86. The lowest BCUT2D eigenvalue weighted by molar-refractivity contribution is -0.133. The van der Waals surface area contributed by atoms with Crippen LogP contribution in [-0.4, -0.2) is 49.1 Å². The molecule has 0 saturated carbocycles. The number of aryl methyl sites for hydroxylation is 2. The summed E-state index contributed by atoms with van der Waals surface area (Å²) in [6.07, 6.45) is 0. The maximum atomic E-state index is 12.5. The number of fused-ring (bicyclic) bond motifs is 1. The molecule has 3 rings (SSSR count). The minimum atomic E-state index is -3.71. The van der Waals surface area contributed by atoms with Crippen LogP contribution < -0.4 is 9.46 Å². The van der Waals surface area contributed by atoms with E-state index < -0.39 is 10.0 Å². The monoisotopic (exact) mass is 398 g/mol. The van der Waals surface area contributed by atoms with Gasteiger partial charge in [0, 0.05) is 30.2 Å². The van der Waals surface area contributed by atoms with Crippen LogP contribution in [0.2, 0.25) is 5.02 Å². The van der Waals surface area contributed by atoms with Gasteiger partial charge in [0.05, 0.1) is 11.4 Å². The second-order valence-corrected chi connectivity index (χ2v) is 8.16. The molecule has 1 aliphatic heterocycles. The van der Waals surface area contributed by atoms with E-state index in [1.165, 1.54) is 0 Å². The Hall–Kier alpha value is -2.10. The molecule has 0 radical (unpaired) electrons. The number of nitrogens with one attached hydrogen (secondary N) is 2. The maximum Gasteiger partial charge on any atom is 0.260 e. The van der Waals surface area contributed by atoms with Crippen LogP contribution in [0.1, 0.15) is 17.0 Å². The summed E-state index contributed by atoms with van der Waals surface area (Å²) in [5.74, 6) is 0.391. The normalized spacial score (nSPS) is 14.7. The lowest BCUT2D eigenvalue weighted by Crippen LogP contribution is -2.39. The molecule has 2 heterocycles. The molecule has 8 nitrogen and oxygen atoms in total. The van der Waals surface area contributed by atoms with E-state index in [9.17, 15) is 13.2 Å². The van der Waals surface area contributed by atoms with Gasteiger partial charge < -0.3 is 9.64 Å². The van der Waals surface area contributed by atoms with Crippen LogP contribution in [0.25, 0.3) is 0 Å². The molecule has 1 aromatic heterocycles. The smallest absolute Gasteiger partial charge is 0.260 e. The molecule has 2 N–H and O–H groups in total. The summed E-state index contributed by atoms with van der Waals surface area (Å²) < 4.78 is 32.9. The largest absolute Gasteiger partial charge is 0.483 e. The Balaban J connectivity index is 1.68. The highest BCUT2D eigenvalue weighted by molar-refractivity contribution is 7.89. The van der Waals surface area contributed by atoms with Gasteiger partial charge in [-0.2, -0.15) is 5.10 Å². The number of halogens is 1. The predicted molar refractivity (Wildman–Crippen MR) is 95.6 cm³/mol. The quantitative estimate of drug-likeness (QED) is 0.791. The van der Waals surface area contributed by atoms with Gasteiger partial charge in [0.2, 0.25) is 10.0 Å². The van der Waals surface area contributed by atoms with Crippen LogP contribution in [0, 0.1) is 13.8 Å². The van der Waals surface area contributed by atoms with E-state index in [1.807, 2.05) is 0 Å². The van der Waals surface area contributed by atoms with E-state index in [0.717, 1.165) is 5.56 Å². The first kappa shape index (κ1) is 18.7. The molecular formula is C16H19ClN4O4S. The number of carbonyl (C=O) groups is 1. The molecule has 10 heteroatoms. The molecule has 0 unspecified atom stereocenters. The number of aromatic amines is 1. The molecule has 0 saturated heterocycles. The van der Waals surface area contributed by atoms with Crippen molar-refractivity contribution >= 4 is 27.5 Å². The van der Waals surface area contributed by atoms with Crippen molar-refractivity contribution in [2.24, 2.45) is 0 Å². The van der Waals surface area contributed by atoms with Gasteiger partial charge in [0.15, 0.2) is 6.61 Å². The predicted octanol–water partition coefficient (Wildman–Crippen LogP) is 1.38. The summed E-state index contributed by atoms with van der Waals surface area (Å²) in [5.41, 5.74) is 1.66. The molecule has 1 amide bonds. The highest BCUT2D eigenvalue weighted by Crippen LogP contribution is 2.26. The summed E-state index contributed by atoms with van der Waals surface area (Å²) in [4.78, 5) is 13.9. The number of carbonyl (C=O) groups excluding carboxylic acids is 1. The number of amides is 1. The highest BCUT2D eigenvalue weighted by Gasteiger charge is 2.24. The van der Waals surface area contributed by atoms with Crippen LogP contribution in [0.15, 0.2) is 23.1 Å². The van der Waals surface area contributed by atoms with Gasteiger partial charge in [0.25, 0.3) is 5.91 Å². The fourth-order valence-corrected chi connectivity index (χ4v) is 4.45. The SMILES string of the molecule is Cc1n[nH]c(C)c1S(=O)(=O)NCCN1Cc2cc(Cl)ccc2OCC1=O. The van der Waals surface area contributed by atoms with Gasteiger partial charge in [-0.1, -0.05) is 11.6 Å². The molecular weight excluding hydrogens is 380 g/mol. The summed E-state index contributed by atoms with van der Waals surface area (Å²) >= 11 is 6.01. The lowest BCUT2D eigenvalue weighted by Gasteiger charge is -2.20. The van der Waals surface area contributed by atoms with Gasteiger partial charge in [0.1, 0.15) is 10.6 Å². The van der Waals surface area contributed by atoms with E-state index in [2.05, 4.69) is 14.9 Å². The molecule has 26 heavy (non-hydrogen) atoms. The minimum Gasteiger partial charge on any atom is -0.483 e. The number of rotatable bonds is 5. The Morgan fingerprint density at radius 1 is 1.38 bits per heavy atom. The zero-order valence-corrected chi connectivity index (χ0v) is 15.9. The zero-order valence-electron chi connectivity index (χ0n) is 14.4. The first-order valence-electron chi connectivity index (χ1n) is 7.98. The van der Waals surface area contributed by atoms with Gasteiger partial charge in [-0.3, -0.25) is 9.89 Å². The zero-order chi connectivity index (χ0) is 18.9. The third kappa shape index (κ3) is 3.84. The van der Waals surface area contributed by atoms with E-state index in [1.54, 1.807) is 36.9 Å². The molecule has 0 fully saturated rings. The standard InChI is InChI=1S/C16H19ClN4O4S/c1-10-16(11(2)20-19-10)26(23,24)18-5-6-21-8-12-7-13(17)3-4-14(12)25-9-15(21)22/h3-4,7,18H,5-6,8-9H2,1-2H3,(H,19,20). The Morgan fingerprint density at radius 3 is 2.85 bits per heavy atom. The number of H-pyrrole nitrogens is 1. The number of ether oxygens (including phenoxy) is 1. The second kappa shape index (κ2) is 7.26. The fraction of sp³-hybridized carbons (Fsp3) is 0.375. The van der Waals surface area contributed by atoms with Crippen LogP contribution in [0.5, 0.6) is 5.75 Å². The molecule has 0 atom stereocenters. The Labute approximate surface area is 156 Å². The van der Waals surface area contributed by atoms with Crippen LogP contribution in [-0.2, 0) is 21.4 Å². The maximum absolute atomic E-state index is 12.5. The second-order valence-electron chi connectivity index (χ2n) is 6.02. The molecule has 1 aliphatic rings. The third-order valence-electron chi connectivity index (χ3n) is 4.09. The first-order chi connectivity index (χ1) is 12.3. The van der Waals surface area contributed by atoms with E-state index >= 15 is 0 Å². The van der Waals surface area contributed by atoms with E-state index in [-0.39, 0.29) is 30.5 Å². The van der Waals surface area contributed by atoms with Gasteiger partial charge in [-0.15, -0.1) is 0 Å². The number of hydrogen-bond donors (Lipinski definition) is 2. The van der Waals surface area contributed by atoms with Crippen LogP contribution in [0.4, 0.5) is 0 Å². The van der Waals surface area contributed by atoms with Gasteiger partial charge >= 0.3 is 0 Å². The van der Waals surface area contributed by atoms with Crippen LogP contribution in [0.3, 0.4) is 0 Å². The lowest BCUT2D eigenvalue weighted by atomic mass is 10.2. The number of hydrogen-bond acceptors (Lipinski definition) is 5. The van der Waals surface area contributed by atoms with Crippen molar-refractivity contribution in [2.45, 2.75) is 25.3 Å². The first-order valence-corrected chi connectivity index (χ1v) is 9.84. The molecule has 2 aromatic rings. The van der Waals surface area contributed by atoms with Crippen molar-refractivity contribution in [3.05, 3.63) is 40.2 Å². The van der Waals surface area contributed by atoms with Crippen LogP contribution >= 0.6 is 11.6 Å². The number of aromatic nitrogens is 2. The Morgan fingerprint density at radius 2 is 2.15 bits per heavy atom. The average molecular weight is 399 g/mol. The molecule has 1 aromatic carbocycles. The van der Waals surface area contributed by atoms with Gasteiger partial charge in [-0.25, -0.2) is 13.1 Å². The van der Waals surface area contributed by atoms with Crippen molar-refractivity contribution in [2.75, 3.05) is 19.7 Å². The van der Waals surface area contributed by atoms with Crippen molar-refractivity contribution in [3.8, 4) is 5.75 Å². The number of benzene rings is 1. The molecule has 0 aliphatic carbocycles. The van der Waals surface area contributed by atoms with Crippen molar-refractivity contribution in [1.82, 2.24) is 19.8 Å². The Bertz CT molecular complexity index is 922. The van der Waals surface area contributed by atoms with Crippen molar-refractivity contribution in [3.63, 3.8) is 0 Å². The van der Waals surface area contributed by atoms with Crippen molar-refractivity contribution < 1.29 is 17.9 Å². The molecule has 0 bridgehead atoms. The minimum absolute atomic E-state index is 0.0774. The van der Waals surface area contributed by atoms with E-state index in [4.69, 9.17) is 16.3 Å². The van der Waals surface area contributed by atoms with Crippen molar-refractivity contribution in [1.29, 1.82) is 0 Å². The summed E-state index contributed by atoms with van der Waals surface area (Å²) in [6.45, 7) is 3.76. The molecule has 140 valence electrons. The third-order valence-corrected chi connectivity index (χ3v) is 6.05. The average Bonchev–Trinajstić information content (AvgIpc) is 2.83. The molecule has 0 spiro atoms. The number of nitrogens with zero attached hydrogens (tertiary/aromatic N) is 2. The summed E-state index contributed by atoms with van der Waals surface area (Å²) in [7, 11) is -3.71. The number of sulfonamides is 1. The topological polar surface area (TPSA) is 104 Å². The summed E-state index contributed by atoms with van der Waals surface area (Å²) in [6, 6.07) is 5.16. The van der Waals surface area contributed by atoms with Gasteiger partial charge in [-0.05, 0) is 32.0 Å². The summed E-state index contributed by atoms with van der Waals surface area (Å²) in [5, 5.41) is 7.10. The Kier molecular flexibility index (Phi) is 5.22. The van der Waals surface area contributed by atoms with E-state index in [0.29, 0.717) is 28.7 Å². The highest BCUT2D eigenvalue weighted by atomic mass is 35.5.